The molecule has 0 fully saturated rings. The first kappa shape index (κ1) is 22.9. The first-order valence-electron chi connectivity index (χ1n) is 9.47. The summed E-state index contributed by atoms with van der Waals surface area (Å²) in [6, 6.07) is 16.4. The molecule has 0 aliphatic heterocycles. The van der Waals surface area contributed by atoms with Crippen LogP contribution in [0.2, 0.25) is 0 Å². The van der Waals surface area contributed by atoms with Crippen LogP contribution in [0.15, 0.2) is 54.7 Å². The number of aromatic nitrogens is 2. The molecule has 0 bridgehead atoms. The fraction of sp³-hybridized carbons (Fsp3) is 0.364. The van der Waals surface area contributed by atoms with Crippen molar-refractivity contribution in [2.24, 2.45) is 0 Å². The number of ether oxygens (including phenoxy) is 1. The van der Waals surface area contributed by atoms with Crippen molar-refractivity contribution in [3.63, 3.8) is 0 Å². The summed E-state index contributed by atoms with van der Waals surface area (Å²) in [5.41, 5.74) is 2.21. The molecule has 0 atom stereocenters. The molecule has 0 radical (unpaired) electrons. The highest BCUT2D eigenvalue weighted by molar-refractivity contribution is 8.16. The number of thioether (sulfide) groups is 2. The van der Waals surface area contributed by atoms with Crippen LogP contribution in [0.25, 0.3) is 10.9 Å². The average Bonchev–Trinajstić information content (AvgIpc) is 2.72. The standard InChI is InChI=1S/C22H26N2OS2.ClH/c1-3-13-26-22(27-14-4-2)18-10-6-8-12-20(18)25-16-21-23-15-17-9-5-7-11-19(17)24-21;/h5-12,15,22H,3-4,13-14,16H2,1-2H3;1H. The lowest BCUT2D eigenvalue weighted by atomic mass is 10.2. The molecule has 0 aliphatic carbocycles. The quantitative estimate of drug-likeness (QED) is 0.323. The summed E-state index contributed by atoms with van der Waals surface area (Å²) < 4.78 is 6.56. The van der Waals surface area contributed by atoms with Gasteiger partial charge >= 0.3 is 0 Å². The zero-order valence-electron chi connectivity index (χ0n) is 16.3. The molecular formula is C22H27ClN2OS2. The highest BCUT2D eigenvalue weighted by Gasteiger charge is 2.17. The van der Waals surface area contributed by atoms with Crippen LogP contribution in [0.3, 0.4) is 0 Å². The van der Waals surface area contributed by atoms with Gasteiger partial charge < -0.3 is 4.74 Å². The molecule has 3 aromatic rings. The van der Waals surface area contributed by atoms with E-state index in [0.29, 0.717) is 17.0 Å². The molecule has 0 spiro atoms. The number of fused-ring (bicyclic) bond motifs is 1. The first-order valence-corrected chi connectivity index (χ1v) is 11.6. The van der Waals surface area contributed by atoms with Crippen LogP contribution >= 0.6 is 35.9 Å². The monoisotopic (exact) mass is 434 g/mol. The van der Waals surface area contributed by atoms with E-state index < -0.39 is 0 Å². The average molecular weight is 435 g/mol. The normalized spacial score (nSPS) is 10.8. The second kappa shape index (κ2) is 12.2. The molecule has 0 aliphatic rings. The Hall–Kier alpha value is -1.43. The molecule has 28 heavy (non-hydrogen) atoms. The van der Waals surface area contributed by atoms with Crippen LogP contribution in [0.4, 0.5) is 0 Å². The lowest BCUT2D eigenvalue weighted by Gasteiger charge is -2.19. The van der Waals surface area contributed by atoms with Gasteiger partial charge in [-0.3, -0.25) is 0 Å². The Morgan fingerprint density at radius 3 is 2.36 bits per heavy atom. The number of para-hydroxylation sites is 2. The zero-order valence-corrected chi connectivity index (χ0v) is 18.8. The van der Waals surface area contributed by atoms with Gasteiger partial charge in [0.2, 0.25) is 0 Å². The summed E-state index contributed by atoms with van der Waals surface area (Å²) in [7, 11) is 0. The topological polar surface area (TPSA) is 35.0 Å². The highest BCUT2D eigenvalue weighted by Crippen LogP contribution is 2.43. The van der Waals surface area contributed by atoms with Crippen LogP contribution in [-0.2, 0) is 6.61 Å². The molecule has 0 saturated carbocycles. The number of halogens is 1. The van der Waals surface area contributed by atoms with E-state index in [4.69, 9.17) is 4.74 Å². The summed E-state index contributed by atoms with van der Waals surface area (Å²) in [5, 5.41) is 1.05. The van der Waals surface area contributed by atoms with Crippen molar-refractivity contribution in [2.75, 3.05) is 11.5 Å². The Labute approximate surface area is 182 Å². The number of rotatable bonds is 10. The second-order valence-electron chi connectivity index (χ2n) is 6.25. The Bertz CT molecular complexity index is 855. The molecule has 0 unspecified atom stereocenters. The predicted octanol–water partition coefficient (Wildman–Crippen LogP) is 6.92. The smallest absolute Gasteiger partial charge is 0.166 e. The summed E-state index contributed by atoms with van der Waals surface area (Å²) in [6.07, 6.45) is 4.23. The van der Waals surface area contributed by atoms with Gasteiger partial charge in [0.05, 0.1) is 10.1 Å². The van der Waals surface area contributed by atoms with Gasteiger partial charge in [-0.2, -0.15) is 0 Å². The second-order valence-corrected chi connectivity index (χ2v) is 8.97. The molecule has 6 heteroatoms. The first-order chi connectivity index (χ1) is 13.3. The van der Waals surface area contributed by atoms with Gasteiger partial charge in [-0.05, 0) is 36.5 Å². The van der Waals surface area contributed by atoms with Crippen LogP contribution in [0.5, 0.6) is 5.75 Å². The van der Waals surface area contributed by atoms with E-state index in [-0.39, 0.29) is 12.4 Å². The number of benzene rings is 2. The van der Waals surface area contributed by atoms with Crippen molar-refractivity contribution < 1.29 is 4.74 Å². The van der Waals surface area contributed by atoms with Gasteiger partial charge in [-0.25, -0.2) is 9.97 Å². The molecule has 150 valence electrons. The van der Waals surface area contributed by atoms with E-state index in [1.165, 1.54) is 18.4 Å². The molecule has 3 rings (SSSR count). The summed E-state index contributed by atoms with van der Waals surface area (Å²) in [5.74, 6) is 3.96. The molecule has 3 nitrogen and oxygen atoms in total. The molecule has 1 aromatic heterocycles. The van der Waals surface area contributed by atoms with Gasteiger partial charge in [0.15, 0.2) is 5.82 Å². The third kappa shape index (κ3) is 6.29. The van der Waals surface area contributed by atoms with E-state index in [9.17, 15) is 0 Å². The van der Waals surface area contributed by atoms with Crippen molar-refractivity contribution >= 4 is 46.8 Å². The lowest BCUT2D eigenvalue weighted by Crippen LogP contribution is -2.04. The fourth-order valence-electron chi connectivity index (χ4n) is 2.71. The van der Waals surface area contributed by atoms with E-state index in [1.54, 1.807) is 0 Å². The fourth-order valence-corrected chi connectivity index (χ4v) is 5.32. The van der Waals surface area contributed by atoms with Gasteiger partial charge in [-0.1, -0.05) is 50.2 Å². The Morgan fingerprint density at radius 1 is 0.929 bits per heavy atom. The van der Waals surface area contributed by atoms with Crippen LogP contribution in [0, 0.1) is 0 Å². The summed E-state index contributed by atoms with van der Waals surface area (Å²) in [4.78, 5) is 9.07. The van der Waals surface area contributed by atoms with Crippen molar-refractivity contribution in [2.45, 2.75) is 37.9 Å². The predicted molar refractivity (Wildman–Crippen MR) is 126 cm³/mol. The summed E-state index contributed by atoms with van der Waals surface area (Å²) in [6.45, 7) is 4.84. The van der Waals surface area contributed by atoms with Crippen LogP contribution in [0.1, 0.15) is 42.7 Å². The van der Waals surface area contributed by atoms with E-state index >= 15 is 0 Å². The minimum absolute atomic E-state index is 0. The largest absolute Gasteiger partial charge is 0.485 e. The van der Waals surface area contributed by atoms with Crippen LogP contribution < -0.4 is 4.74 Å². The highest BCUT2D eigenvalue weighted by atomic mass is 35.5. The minimum atomic E-state index is 0. The van der Waals surface area contributed by atoms with E-state index in [2.05, 4.69) is 42.0 Å². The SMILES string of the molecule is CCCSC(SCCC)c1ccccc1OCc1ncc2ccccc2n1.Cl. The van der Waals surface area contributed by atoms with Crippen molar-refractivity contribution in [1.82, 2.24) is 9.97 Å². The molecule has 0 N–H and O–H groups in total. The van der Waals surface area contributed by atoms with Crippen LogP contribution in [-0.4, -0.2) is 21.5 Å². The van der Waals surface area contributed by atoms with E-state index in [1.807, 2.05) is 60.1 Å². The Morgan fingerprint density at radius 2 is 1.61 bits per heavy atom. The van der Waals surface area contributed by atoms with Gasteiger partial charge in [0.25, 0.3) is 0 Å². The molecule has 2 aromatic carbocycles. The maximum Gasteiger partial charge on any atom is 0.166 e. The summed E-state index contributed by atoms with van der Waals surface area (Å²) >= 11 is 4.01. The minimum Gasteiger partial charge on any atom is -0.485 e. The lowest BCUT2D eigenvalue weighted by molar-refractivity contribution is 0.294. The zero-order chi connectivity index (χ0) is 18.9. The van der Waals surface area contributed by atoms with Gasteiger partial charge in [-0.15, -0.1) is 35.9 Å². The Kier molecular flexibility index (Phi) is 9.96. The number of nitrogens with zero attached hydrogens (tertiary/aromatic N) is 2. The third-order valence-electron chi connectivity index (χ3n) is 4.02. The maximum absolute atomic E-state index is 6.16. The number of hydrogen-bond acceptors (Lipinski definition) is 5. The molecule has 0 amide bonds. The van der Waals surface area contributed by atoms with Gasteiger partial charge in [0.1, 0.15) is 12.4 Å². The molecular weight excluding hydrogens is 408 g/mol. The van der Waals surface area contributed by atoms with Crippen molar-refractivity contribution in [3.05, 3.63) is 66.1 Å². The molecule has 0 saturated heterocycles. The van der Waals surface area contributed by atoms with Crippen molar-refractivity contribution in [1.29, 1.82) is 0 Å². The number of hydrogen-bond donors (Lipinski definition) is 0. The van der Waals surface area contributed by atoms with E-state index in [0.717, 1.165) is 28.2 Å². The van der Waals surface area contributed by atoms with Crippen molar-refractivity contribution in [3.8, 4) is 5.75 Å². The Balaban J connectivity index is 0.00000280. The molecule has 1 heterocycles. The third-order valence-corrected chi connectivity index (χ3v) is 7.23. The maximum atomic E-state index is 6.16. The van der Waals surface area contributed by atoms with Gasteiger partial charge in [0, 0.05) is 17.1 Å².